The van der Waals surface area contributed by atoms with Gasteiger partial charge in [0.1, 0.15) is 0 Å². The predicted octanol–water partition coefficient (Wildman–Crippen LogP) is 2.94. The van der Waals surface area contributed by atoms with Gasteiger partial charge in [0.25, 0.3) is 0 Å². The summed E-state index contributed by atoms with van der Waals surface area (Å²) in [4.78, 5) is 0.449. The van der Waals surface area contributed by atoms with E-state index in [0.717, 1.165) is 14.1 Å². The summed E-state index contributed by atoms with van der Waals surface area (Å²) in [5.41, 5.74) is -4.09. The lowest BCUT2D eigenvalue weighted by molar-refractivity contribution is -0.364. The Bertz CT molecular complexity index is 319. The summed E-state index contributed by atoms with van der Waals surface area (Å²) in [6, 6.07) is 0. The minimum absolute atomic E-state index is 0.0536. The van der Waals surface area contributed by atoms with Crippen LogP contribution in [0.1, 0.15) is 13.8 Å². The zero-order valence-electron chi connectivity index (χ0n) is 9.66. The van der Waals surface area contributed by atoms with E-state index in [1.807, 2.05) is 0 Å². The molecule has 0 unspecified atom stereocenters. The van der Waals surface area contributed by atoms with Crippen molar-refractivity contribution in [3.63, 3.8) is 0 Å². The second-order valence-corrected chi connectivity index (χ2v) is 3.96. The largest absolute Gasteiger partial charge is 0.440 e. The summed E-state index contributed by atoms with van der Waals surface area (Å²) in [6.07, 6.45) is -10.9. The number of hydrogen-bond donors (Lipinski definition) is 0. The Morgan fingerprint density at radius 2 is 1.00 bits per heavy atom. The molecule has 0 aromatic carbocycles. The van der Waals surface area contributed by atoms with Crippen LogP contribution in [0.4, 0.5) is 26.3 Å². The van der Waals surface area contributed by atoms with Crippen molar-refractivity contribution in [2.24, 2.45) is 0 Å². The molecule has 1 aliphatic rings. The van der Waals surface area contributed by atoms with Crippen LogP contribution in [-0.2, 0) is 0 Å². The van der Waals surface area contributed by atoms with Crippen LogP contribution in [0.25, 0.3) is 0 Å². The summed E-state index contributed by atoms with van der Waals surface area (Å²) in [7, 11) is 1.59. The summed E-state index contributed by atoms with van der Waals surface area (Å²) in [5, 5.41) is 0. The average Bonchev–Trinajstić information content (AvgIpc) is 2.26. The zero-order valence-corrected chi connectivity index (χ0v) is 9.66. The van der Waals surface area contributed by atoms with Gasteiger partial charge < -0.3 is 9.80 Å². The molecule has 0 aromatic rings. The van der Waals surface area contributed by atoms with Gasteiger partial charge in [-0.2, -0.15) is 26.3 Å². The molecule has 1 rings (SSSR count). The highest BCUT2D eigenvalue weighted by atomic mass is 19.4. The van der Waals surface area contributed by atoms with Crippen molar-refractivity contribution < 1.29 is 26.3 Å². The fraction of sp³-hybridized carbons (Fsp3) is 0.778. The Hall–Kier alpha value is -1.08. The van der Waals surface area contributed by atoms with Crippen LogP contribution in [0.3, 0.4) is 0 Å². The second kappa shape index (κ2) is 3.46. The van der Waals surface area contributed by atoms with E-state index in [0.29, 0.717) is 0 Å². The molecule has 0 bridgehead atoms. The van der Waals surface area contributed by atoms with Gasteiger partial charge in [-0.25, -0.2) is 0 Å². The van der Waals surface area contributed by atoms with Crippen molar-refractivity contribution in [1.82, 2.24) is 9.80 Å². The van der Waals surface area contributed by atoms with Crippen molar-refractivity contribution >= 4 is 0 Å². The van der Waals surface area contributed by atoms with Crippen molar-refractivity contribution in [3.05, 3.63) is 11.4 Å². The van der Waals surface area contributed by atoms with Crippen LogP contribution in [-0.4, -0.2) is 41.9 Å². The quantitative estimate of drug-likeness (QED) is 0.619. The number of hydrogen-bond acceptors (Lipinski definition) is 2. The molecule has 1 aliphatic heterocycles. The normalized spacial score (nSPS) is 21.5. The van der Waals surface area contributed by atoms with E-state index in [4.69, 9.17) is 0 Å². The van der Waals surface area contributed by atoms with E-state index in [9.17, 15) is 26.3 Å². The highest BCUT2D eigenvalue weighted by molar-refractivity contribution is 5.24. The van der Waals surface area contributed by atoms with Gasteiger partial charge in [-0.05, 0) is 13.8 Å². The van der Waals surface area contributed by atoms with Crippen molar-refractivity contribution in [3.8, 4) is 0 Å². The van der Waals surface area contributed by atoms with Crippen LogP contribution in [0.2, 0.25) is 0 Å². The van der Waals surface area contributed by atoms with Gasteiger partial charge in [0.05, 0.1) is 0 Å². The molecule has 0 fully saturated rings. The van der Waals surface area contributed by atoms with Crippen LogP contribution in [0, 0.1) is 0 Å². The zero-order chi connectivity index (χ0) is 13.8. The van der Waals surface area contributed by atoms with Crippen molar-refractivity contribution in [2.45, 2.75) is 31.9 Å². The van der Waals surface area contributed by atoms with E-state index in [-0.39, 0.29) is 21.2 Å². The van der Waals surface area contributed by atoms with E-state index >= 15 is 0 Å². The van der Waals surface area contributed by atoms with E-state index in [1.54, 1.807) is 0 Å². The van der Waals surface area contributed by atoms with Crippen molar-refractivity contribution in [1.29, 1.82) is 0 Å². The number of rotatable bonds is 0. The Balaban J connectivity index is 3.51. The predicted molar refractivity (Wildman–Crippen MR) is 48.7 cm³/mol. The molecule has 0 atom stereocenters. The maximum atomic E-state index is 12.9. The Kier molecular flexibility index (Phi) is 2.84. The summed E-state index contributed by atoms with van der Waals surface area (Å²) >= 11 is 0. The van der Waals surface area contributed by atoms with Crippen LogP contribution >= 0.6 is 0 Å². The monoisotopic (exact) mass is 262 g/mol. The highest BCUT2D eigenvalue weighted by Gasteiger charge is 2.78. The van der Waals surface area contributed by atoms with Gasteiger partial charge in [-0.3, -0.25) is 0 Å². The lowest BCUT2D eigenvalue weighted by Crippen LogP contribution is -2.70. The molecule has 8 heteroatoms. The molecule has 0 spiro atoms. The molecule has 17 heavy (non-hydrogen) atoms. The molecule has 0 N–H and O–H groups in total. The van der Waals surface area contributed by atoms with E-state index < -0.39 is 18.0 Å². The van der Waals surface area contributed by atoms with Crippen LogP contribution in [0.5, 0.6) is 0 Å². The maximum absolute atomic E-state index is 12.9. The molecule has 1 heterocycles. The molecule has 0 radical (unpaired) electrons. The third-order valence-electron chi connectivity index (χ3n) is 3.29. The molecule has 100 valence electrons. The SMILES string of the molecule is CC1=C(C)N(C)C(C(F)(F)F)(C(F)(F)F)N1C. The van der Waals surface area contributed by atoms with Gasteiger partial charge in [-0.1, -0.05) is 0 Å². The van der Waals surface area contributed by atoms with Gasteiger partial charge >= 0.3 is 18.0 Å². The molecule has 0 saturated carbocycles. The average molecular weight is 262 g/mol. The smallest absolute Gasteiger partial charge is 0.339 e. The lowest BCUT2D eigenvalue weighted by Gasteiger charge is -2.45. The molecule has 0 saturated heterocycles. The van der Waals surface area contributed by atoms with E-state index in [1.165, 1.54) is 13.8 Å². The first-order valence-corrected chi connectivity index (χ1v) is 4.67. The fourth-order valence-corrected chi connectivity index (χ4v) is 2.12. The fourth-order valence-electron chi connectivity index (χ4n) is 2.12. The first-order valence-electron chi connectivity index (χ1n) is 4.67. The Morgan fingerprint density at radius 3 is 1.12 bits per heavy atom. The molecule has 0 amide bonds. The van der Waals surface area contributed by atoms with Gasteiger partial charge in [0.2, 0.25) is 0 Å². The number of nitrogens with zero attached hydrogens (tertiary/aromatic N) is 2. The summed E-state index contributed by atoms with van der Waals surface area (Å²) < 4.78 is 77.6. The molecule has 2 nitrogen and oxygen atoms in total. The van der Waals surface area contributed by atoms with Gasteiger partial charge in [0.15, 0.2) is 0 Å². The van der Waals surface area contributed by atoms with Crippen LogP contribution < -0.4 is 0 Å². The number of alkyl halides is 6. The lowest BCUT2D eigenvalue weighted by atomic mass is 10.1. The number of halogens is 6. The third-order valence-corrected chi connectivity index (χ3v) is 3.29. The molecular formula is C9H12F6N2. The minimum Gasteiger partial charge on any atom is -0.339 e. The molecular weight excluding hydrogens is 250 g/mol. The maximum Gasteiger partial charge on any atom is 0.440 e. The highest BCUT2D eigenvalue weighted by Crippen LogP contribution is 2.53. The first kappa shape index (κ1) is 14.0. The Morgan fingerprint density at radius 1 is 0.765 bits per heavy atom. The van der Waals surface area contributed by atoms with Crippen LogP contribution in [0.15, 0.2) is 11.4 Å². The Labute approximate surface area is 94.5 Å². The number of allylic oxidation sites excluding steroid dienone is 2. The van der Waals surface area contributed by atoms with E-state index in [2.05, 4.69) is 0 Å². The standard InChI is InChI=1S/C9H12F6N2/c1-5-6(2)17(4)7(16(5)3,8(10,11)12)9(13,14)15/h1-4H3. The van der Waals surface area contributed by atoms with Crippen molar-refractivity contribution in [2.75, 3.05) is 14.1 Å². The summed E-state index contributed by atoms with van der Waals surface area (Å²) in [5.74, 6) is 0. The van der Waals surface area contributed by atoms with Gasteiger partial charge in [-0.15, -0.1) is 0 Å². The third kappa shape index (κ3) is 1.49. The second-order valence-electron chi connectivity index (χ2n) is 3.96. The van der Waals surface area contributed by atoms with Gasteiger partial charge in [0, 0.05) is 25.5 Å². The summed E-state index contributed by atoms with van der Waals surface area (Å²) in [6.45, 7) is 2.45. The minimum atomic E-state index is -5.45. The molecule has 0 aliphatic carbocycles. The topological polar surface area (TPSA) is 6.48 Å². The molecule has 0 aromatic heterocycles. The first-order chi connectivity index (χ1) is 7.39.